The van der Waals surface area contributed by atoms with E-state index in [0.29, 0.717) is 16.4 Å². The van der Waals surface area contributed by atoms with E-state index in [1.54, 1.807) is 12.1 Å². The van der Waals surface area contributed by atoms with Crippen LogP contribution in [-0.2, 0) is 11.3 Å². The first kappa shape index (κ1) is 21.7. The molecule has 9 heteroatoms. The SMILES string of the molecule is Cc1ccc(N)cc1C(=O)Nc1nc(CN2CCOCC2)cs1.Cl.Cl. The van der Waals surface area contributed by atoms with Crippen molar-refractivity contribution < 1.29 is 9.53 Å². The number of aryl methyl sites for hydroxylation is 1. The molecule has 1 aliphatic heterocycles. The summed E-state index contributed by atoms with van der Waals surface area (Å²) < 4.78 is 5.34. The van der Waals surface area contributed by atoms with Gasteiger partial charge in [-0.05, 0) is 24.6 Å². The summed E-state index contributed by atoms with van der Waals surface area (Å²) in [5, 5.41) is 5.45. The first-order valence-corrected chi connectivity index (χ1v) is 8.42. The van der Waals surface area contributed by atoms with Gasteiger partial charge in [0, 0.05) is 36.3 Å². The third kappa shape index (κ3) is 5.83. The monoisotopic (exact) mass is 404 g/mol. The molecule has 0 bridgehead atoms. The van der Waals surface area contributed by atoms with Crippen LogP contribution in [0.4, 0.5) is 10.8 Å². The molecule has 6 nitrogen and oxygen atoms in total. The molecule has 0 unspecified atom stereocenters. The number of hydrogen-bond donors (Lipinski definition) is 2. The average Bonchev–Trinajstić information content (AvgIpc) is 2.97. The predicted molar refractivity (Wildman–Crippen MR) is 106 cm³/mol. The number of nitrogens with two attached hydrogens (primary N) is 1. The molecule has 3 N–H and O–H groups in total. The van der Waals surface area contributed by atoms with E-state index >= 15 is 0 Å². The molecular weight excluding hydrogens is 383 g/mol. The molecule has 0 saturated carbocycles. The largest absolute Gasteiger partial charge is 0.399 e. The number of ether oxygens (including phenoxy) is 1. The maximum atomic E-state index is 12.4. The topological polar surface area (TPSA) is 80.5 Å². The highest BCUT2D eigenvalue weighted by Gasteiger charge is 2.15. The van der Waals surface area contributed by atoms with Gasteiger partial charge in [0.2, 0.25) is 0 Å². The molecule has 0 radical (unpaired) electrons. The van der Waals surface area contributed by atoms with Crippen molar-refractivity contribution in [2.75, 3.05) is 37.4 Å². The Kier molecular flexibility index (Phi) is 8.61. The number of amides is 1. The van der Waals surface area contributed by atoms with Crippen LogP contribution < -0.4 is 11.1 Å². The Balaban J connectivity index is 0.00000156. The fraction of sp³-hybridized carbons (Fsp3) is 0.375. The second-order valence-electron chi connectivity index (χ2n) is 5.56. The minimum absolute atomic E-state index is 0. The summed E-state index contributed by atoms with van der Waals surface area (Å²) in [6.45, 7) is 6.04. The van der Waals surface area contributed by atoms with Crippen molar-refractivity contribution in [1.29, 1.82) is 0 Å². The van der Waals surface area contributed by atoms with Crippen LogP contribution in [0.25, 0.3) is 0 Å². The van der Waals surface area contributed by atoms with Crippen LogP contribution in [0, 0.1) is 6.92 Å². The van der Waals surface area contributed by atoms with Gasteiger partial charge in [-0.3, -0.25) is 15.0 Å². The lowest BCUT2D eigenvalue weighted by molar-refractivity contribution is 0.0337. The van der Waals surface area contributed by atoms with E-state index in [2.05, 4.69) is 15.2 Å². The highest BCUT2D eigenvalue weighted by molar-refractivity contribution is 7.14. The smallest absolute Gasteiger partial charge is 0.257 e. The molecule has 138 valence electrons. The number of nitrogen functional groups attached to an aromatic ring is 1. The van der Waals surface area contributed by atoms with E-state index in [1.807, 2.05) is 18.4 Å². The van der Waals surface area contributed by atoms with E-state index in [1.165, 1.54) is 11.3 Å². The molecule has 0 aliphatic carbocycles. The second-order valence-corrected chi connectivity index (χ2v) is 6.42. The number of nitrogens with one attached hydrogen (secondary N) is 1. The quantitative estimate of drug-likeness (QED) is 0.765. The van der Waals surface area contributed by atoms with E-state index in [4.69, 9.17) is 10.5 Å². The third-order valence-electron chi connectivity index (χ3n) is 3.77. The zero-order valence-corrected chi connectivity index (χ0v) is 16.3. The lowest BCUT2D eigenvalue weighted by atomic mass is 10.1. The van der Waals surface area contributed by atoms with Crippen molar-refractivity contribution in [2.45, 2.75) is 13.5 Å². The lowest BCUT2D eigenvalue weighted by Crippen LogP contribution is -2.35. The zero-order valence-electron chi connectivity index (χ0n) is 13.9. The fourth-order valence-corrected chi connectivity index (χ4v) is 3.17. The first-order chi connectivity index (χ1) is 11.1. The molecule has 2 heterocycles. The number of nitrogens with zero attached hydrogens (tertiary/aromatic N) is 2. The number of carbonyl (C=O) groups excluding carboxylic acids is 1. The lowest BCUT2D eigenvalue weighted by Gasteiger charge is -2.25. The Bertz CT molecular complexity index is 705. The highest BCUT2D eigenvalue weighted by Crippen LogP contribution is 2.20. The summed E-state index contributed by atoms with van der Waals surface area (Å²) in [6, 6.07) is 5.32. The summed E-state index contributed by atoms with van der Waals surface area (Å²) in [7, 11) is 0. The molecule has 25 heavy (non-hydrogen) atoms. The molecule has 1 amide bonds. The number of benzene rings is 1. The van der Waals surface area contributed by atoms with E-state index in [9.17, 15) is 4.79 Å². The normalized spacial score (nSPS) is 14.3. The maximum Gasteiger partial charge on any atom is 0.257 e. The number of aromatic nitrogens is 1. The third-order valence-corrected chi connectivity index (χ3v) is 4.57. The molecule has 1 saturated heterocycles. The van der Waals surface area contributed by atoms with Crippen molar-refractivity contribution in [3.8, 4) is 0 Å². The van der Waals surface area contributed by atoms with Crippen molar-refractivity contribution >= 4 is 52.9 Å². The molecule has 1 aromatic carbocycles. The molecule has 0 spiro atoms. The van der Waals surface area contributed by atoms with Gasteiger partial charge in [-0.2, -0.15) is 0 Å². The first-order valence-electron chi connectivity index (χ1n) is 7.54. The zero-order chi connectivity index (χ0) is 16.2. The van der Waals surface area contributed by atoms with Crippen molar-refractivity contribution in [1.82, 2.24) is 9.88 Å². The molecule has 2 aromatic rings. The number of carbonyl (C=O) groups is 1. The molecule has 1 fully saturated rings. The predicted octanol–water partition coefficient (Wildman–Crippen LogP) is 2.96. The number of thiazole rings is 1. The van der Waals surface area contributed by atoms with Crippen molar-refractivity contribution in [2.24, 2.45) is 0 Å². The molecule has 1 aromatic heterocycles. The van der Waals surface area contributed by atoms with Gasteiger partial charge in [0.1, 0.15) is 0 Å². The van der Waals surface area contributed by atoms with Gasteiger partial charge in [-0.15, -0.1) is 36.2 Å². The maximum absolute atomic E-state index is 12.4. The van der Waals surface area contributed by atoms with Crippen LogP contribution in [-0.4, -0.2) is 42.1 Å². The molecule has 3 rings (SSSR count). The Morgan fingerprint density at radius 3 is 2.80 bits per heavy atom. The molecule has 1 aliphatic rings. The Morgan fingerprint density at radius 1 is 1.36 bits per heavy atom. The number of hydrogen-bond acceptors (Lipinski definition) is 6. The summed E-state index contributed by atoms with van der Waals surface area (Å²) in [6.07, 6.45) is 0. The van der Waals surface area contributed by atoms with Crippen LogP contribution >= 0.6 is 36.2 Å². The Morgan fingerprint density at radius 2 is 2.08 bits per heavy atom. The van der Waals surface area contributed by atoms with E-state index < -0.39 is 0 Å². The van der Waals surface area contributed by atoms with Gasteiger partial charge in [-0.1, -0.05) is 6.07 Å². The summed E-state index contributed by atoms with van der Waals surface area (Å²) >= 11 is 1.44. The molecular formula is C16H22Cl2N4O2S. The number of rotatable bonds is 4. The molecule has 0 atom stereocenters. The van der Waals surface area contributed by atoms with Crippen molar-refractivity contribution in [3.05, 3.63) is 40.4 Å². The highest BCUT2D eigenvalue weighted by atomic mass is 35.5. The number of anilines is 2. The summed E-state index contributed by atoms with van der Waals surface area (Å²) in [4.78, 5) is 19.2. The summed E-state index contributed by atoms with van der Waals surface area (Å²) in [5.74, 6) is -0.179. The van der Waals surface area contributed by atoms with Crippen molar-refractivity contribution in [3.63, 3.8) is 0 Å². The fourth-order valence-electron chi connectivity index (χ4n) is 2.47. The van der Waals surface area contributed by atoms with Crippen LogP contribution in [0.3, 0.4) is 0 Å². The second kappa shape index (κ2) is 9.94. The number of morpholine rings is 1. The van der Waals surface area contributed by atoms with Gasteiger partial charge in [0.05, 0.1) is 18.9 Å². The van der Waals surface area contributed by atoms with Gasteiger partial charge >= 0.3 is 0 Å². The van der Waals surface area contributed by atoms with Crippen LogP contribution in [0.2, 0.25) is 0 Å². The minimum Gasteiger partial charge on any atom is -0.399 e. The van der Waals surface area contributed by atoms with E-state index in [0.717, 1.165) is 44.1 Å². The van der Waals surface area contributed by atoms with Gasteiger partial charge in [0.15, 0.2) is 5.13 Å². The van der Waals surface area contributed by atoms with Crippen LogP contribution in [0.5, 0.6) is 0 Å². The number of halogens is 2. The van der Waals surface area contributed by atoms with Crippen LogP contribution in [0.15, 0.2) is 23.6 Å². The summed E-state index contributed by atoms with van der Waals surface area (Å²) in [5.41, 5.74) is 8.77. The minimum atomic E-state index is -0.179. The van der Waals surface area contributed by atoms with E-state index in [-0.39, 0.29) is 30.7 Å². The average molecular weight is 405 g/mol. The van der Waals surface area contributed by atoms with Gasteiger partial charge < -0.3 is 10.5 Å². The van der Waals surface area contributed by atoms with Gasteiger partial charge in [-0.25, -0.2) is 4.98 Å². The Labute approximate surface area is 163 Å². The van der Waals surface area contributed by atoms with Crippen LogP contribution in [0.1, 0.15) is 21.6 Å². The standard InChI is InChI=1S/C16H20N4O2S.2ClH/c1-11-2-3-12(17)8-14(11)15(21)19-16-18-13(10-23-16)9-20-4-6-22-7-5-20;;/h2-3,8,10H,4-7,9,17H2,1H3,(H,18,19,21);2*1H. The Hall–Kier alpha value is -1.38. The van der Waals surface area contributed by atoms with Gasteiger partial charge in [0.25, 0.3) is 5.91 Å².